The molecule has 1 aromatic rings. The van der Waals surface area contributed by atoms with E-state index >= 15 is 0 Å². The average Bonchev–Trinajstić information content (AvgIpc) is 2.47. The summed E-state index contributed by atoms with van der Waals surface area (Å²) in [4.78, 5) is 24.8. The van der Waals surface area contributed by atoms with E-state index in [1.165, 1.54) is 0 Å². The van der Waals surface area contributed by atoms with Crippen LogP contribution in [0.3, 0.4) is 0 Å². The van der Waals surface area contributed by atoms with E-state index in [2.05, 4.69) is 0 Å². The standard InChI is InChI=1S/C16H20ClNO4/c1-2-8-18-14(19)7-6-13(22-10-15(20)21)16(18)11-4-3-5-12(17)9-11/h3-5,9,13,16H,2,6-8,10H2,1H3,(H,20,21)/t13-,16+/m0/s1. The van der Waals surface area contributed by atoms with Crippen LogP contribution in [0.2, 0.25) is 5.02 Å². The van der Waals surface area contributed by atoms with Crippen molar-refractivity contribution in [1.82, 2.24) is 4.90 Å². The van der Waals surface area contributed by atoms with E-state index in [9.17, 15) is 9.59 Å². The van der Waals surface area contributed by atoms with Gasteiger partial charge in [0.05, 0.1) is 12.1 Å². The molecule has 6 heteroatoms. The molecule has 0 bridgehead atoms. The lowest BCUT2D eigenvalue weighted by atomic mass is 9.91. The number of piperidine rings is 1. The summed E-state index contributed by atoms with van der Waals surface area (Å²) in [5.74, 6) is -0.939. The summed E-state index contributed by atoms with van der Waals surface area (Å²) in [7, 11) is 0. The highest BCUT2D eigenvalue weighted by atomic mass is 35.5. The molecule has 0 unspecified atom stereocenters. The third-order valence-corrected chi connectivity index (χ3v) is 3.96. The number of nitrogens with zero attached hydrogens (tertiary/aromatic N) is 1. The van der Waals surface area contributed by atoms with Crippen molar-refractivity contribution in [2.75, 3.05) is 13.2 Å². The third kappa shape index (κ3) is 3.99. The second-order valence-corrected chi connectivity index (χ2v) is 5.81. The van der Waals surface area contributed by atoms with E-state index in [4.69, 9.17) is 21.4 Å². The number of carboxylic acid groups (broad SMARTS) is 1. The van der Waals surface area contributed by atoms with Crippen LogP contribution >= 0.6 is 11.6 Å². The van der Waals surface area contributed by atoms with Gasteiger partial charge in [-0.25, -0.2) is 4.79 Å². The van der Waals surface area contributed by atoms with Crippen molar-refractivity contribution < 1.29 is 19.4 Å². The van der Waals surface area contributed by atoms with Crippen LogP contribution in [0.5, 0.6) is 0 Å². The quantitative estimate of drug-likeness (QED) is 0.873. The van der Waals surface area contributed by atoms with Gasteiger partial charge in [-0.3, -0.25) is 4.79 Å². The monoisotopic (exact) mass is 325 g/mol. The minimum atomic E-state index is -1.01. The fourth-order valence-corrected chi connectivity index (χ4v) is 3.06. The molecular weight excluding hydrogens is 306 g/mol. The highest BCUT2D eigenvalue weighted by Gasteiger charge is 2.37. The van der Waals surface area contributed by atoms with E-state index in [1.54, 1.807) is 11.0 Å². The number of hydrogen-bond donors (Lipinski definition) is 1. The maximum atomic E-state index is 12.3. The molecule has 120 valence electrons. The van der Waals surface area contributed by atoms with Crippen molar-refractivity contribution in [2.24, 2.45) is 0 Å². The molecule has 2 atom stereocenters. The number of carboxylic acids is 1. The number of rotatable bonds is 6. The molecule has 1 aliphatic rings. The molecular formula is C16H20ClNO4. The summed E-state index contributed by atoms with van der Waals surface area (Å²) >= 11 is 6.06. The Labute approximate surface area is 134 Å². The van der Waals surface area contributed by atoms with Crippen LogP contribution in [0.4, 0.5) is 0 Å². The maximum absolute atomic E-state index is 12.3. The first-order valence-electron chi connectivity index (χ1n) is 7.41. The van der Waals surface area contributed by atoms with Crippen molar-refractivity contribution in [3.05, 3.63) is 34.9 Å². The van der Waals surface area contributed by atoms with Gasteiger partial charge in [-0.1, -0.05) is 30.7 Å². The molecule has 0 aromatic heterocycles. The summed E-state index contributed by atoms with van der Waals surface area (Å²) in [6.45, 7) is 2.25. The first-order chi connectivity index (χ1) is 10.5. The van der Waals surface area contributed by atoms with Crippen LogP contribution in [-0.2, 0) is 14.3 Å². The Morgan fingerprint density at radius 1 is 1.50 bits per heavy atom. The number of carbonyl (C=O) groups excluding carboxylic acids is 1. The zero-order valence-corrected chi connectivity index (χ0v) is 13.3. The smallest absolute Gasteiger partial charge is 0.329 e. The van der Waals surface area contributed by atoms with E-state index < -0.39 is 5.97 Å². The first kappa shape index (κ1) is 16.8. The summed E-state index contributed by atoms with van der Waals surface area (Å²) in [5.41, 5.74) is 0.879. The molecule has 1 aliphatic heterocycles. The predicted molar refractivity (Wildman–Crippen MR) is 82.8 cm³/mol. The summed E-state index contributed by atoms with van der Waals surface area (Å²) in [6, 6.07) is 7.01. The van der Waals surface area contributed by atoms with Crippen molar-refractivity contribution in [3.8, 4) is 0 Å². The number of ether oxygens (including phenoxy) is 1. The van der Waals surface area contributed by atoms with Gasteiger partial charge in [0.25, 0.3) is 0 Å². The van der Waals surface area contributed by atoms with Crippen LogP contribution in [0.25, 0.3) is 0 Å². The number of hydrogen-bond acceptors (Lipinski definition) is 3. The predicted octanol–water partition coefficient (Wildman–Crippen LogP) is 2.88. The van der Waals surface area contributed by atoms with E-state index in [0.717, 1.165) is 12.0 Å². The average molecular weight is 326 g/mol. The van der Waals surface area contributed by atoms with Crippen molar-refractivity contribution in [1.29, 1.82) is 0 Å². The van der Waals surface area contributed by atoms with Gasteiger partial charge in [0.2, 0.25) is 5.91 Å². The van der Waals surface area contributed by atoms with Crippen LogP contribution in [0.1, 0.15) is 37.8 Å². The molecule has 1 aromatic carbocycles. The zero-order chi connectivity index (χ0) is 16.1. The van der Waals surface area contributed by atoms with Gasteiger partial charge in [0, 0.05) is 18.0 Å². The molecule has 22 heavy (non-hydrogen) atoms. The molecule has 1 N–H and O–H groups in total. The van der Waals surface area contributed by atoms with Crippen molar-refractivity contribution in [2.45, 2.75) is 38.3 Å². The Hall–Kier alpha value is -1.59. The molecule has 2 rings (SSSR count). The van der Waals surface area contributed by atoms with Crippen LogP contribution in [0.15, 0.2) is 24.3 Å². The van der Waals surface area contributed by atoms with Crippen LogP contribution in [-0.4, -0.2) is 41.1 Å². The topological polar surface area (TPSA) is 66.8 Å². The number of amides is 1. The molecule has 1 amide bonds. The Bertz CT molecular complexity index is 549. The van der Waals surface area contributed by atoms with Gasteiger partial charge >= 0.3 is 5.97 Å². The second kappa shape index (κ2) is 7.61. The fourth-order valence-electron chi connectivity index (χ4n) is 2.87. The number of likely N-dealkylation sites (tertiary alicyclic amines) is 1. The highest BCUT2D eigenvalue weighted by Crippen LogP contribution is 2.35. The number of halogens is 1. The lowest BCUT2D eigenvalue weighted by Crippen LogP contribution is -2.47. The first-order valence-corrected chi connectivity index (χ1v) is 7.79. The molecule has 0 aliphatic carbocycles. The van der Waals surface area contributed by atoms with E-state index in [0.29, 0.717) is 24.4 Å². The van der Waals surface area contributed by atoms with Gasteiger partial charge in [0.15, 0.2) is 0 Å². The molecule has 1 saturated heterocycles. The Morgan fingerprint density at radius 3 is 2.91 bits per heavy atom. The van der Waals surface area contributed by atoms with Gasteiger partial charge in [-0.2, -0.15) is 0 Å². The number of aliphatic carboxylic acids is 1. The molecule has 1 heterocycles. The Balaban J connectivity index is 2.31. The Morgan fingerprint density at radius 2 is 2.27 bits per heavy atom. The largest absolute Gasteiger partial charge is 0.480 e. The molecule has 0 spiro atoms. The summed E-state index contributed by atoms with van der Waals surface area (Å²) < 4.78 is 5.54. The van der Waals surface area contributed by atoms with Crippen molar-refractivity contribution >= 4 is 23.5 Å². The Kier molecular flexibility index (Phi) is 5.80. The molecule has 5 nitrogen and oxygen atoms in total. The van der Waals surface area contributed by atoms with E-state index in [1.807, 2.05) is 25.1 Å². The summed E-state index contributed by atoms with van der Waals surface area (Å²) in [6.07, 6.45) is 1.39. The fraction of sp³-hybridized carbons (Fsp3) is 0.500. The molecule has 1 fully saturated rings. The highest BCUT2D eigenvalue weighted by molar-refractivity contribution is 6.30. The normalized spacial score (nSPS) is 21.9. The van der Waals surface area contributed by atoms with Crippen LogP contribution in [0, 0.1) is 0 Å². The van der Waals surface area contributed by atoms with Gasteiger partial charge in [-0.05, 0) is 30.5 Å². The maximum Gasteiger partial charge on any atom is 0.329 e. The lowest BCUT2D eigenvalue weighted by Gasteiger charge is -2.41. The minimum absolute atomic E-state index is 0.0713. The van der Waals surface area contributed by atoms with E-state index in [-0.39, 0.29) is 24.7 Å². The number of benzene rings is 1. The van der Waals surface area contributed by atoms with Crippen molar-refractivity contribution in [3.63, 3.8) is 0 Å². The SMILES string of the molecule is CCCN1C(=O)CC[C@H](OCC(=O)O)[C@H]1c1cccc(Cl)c1. The molecule has 0 saturated carbocycles. The zero-order valence-electron chi connectivity index (χ0n) is 12.5. The van der Waals surface area contributed by atoms with Crippen LogP contribution < -0.4 is 0 Å². The van der Waals surface area contributed by atoms with Gasteiger partial charge in [0.1, 0.15) is 6.61 Å². The lowest BCUT2D eigenvalue weighted by molar-refractivity contribution is -0.153. The van der Waals surface area contributed by atoms with Gasteiger partial charge in [-0.15, -0.1) is 0 Å². The molecule has 0 radical (unpaired) electrons. The minimum Gasteiger partial charge on any atom is -0.480 e. The second-order valence-electron chi connectivity index (χ2n) is 5.37. The summed E-state index contributed by atoms with van der Waals surface area (Å²) in [5, 5.41) is 9.43. The third-order valence-electron chi connectivity index (χ3n) is 3.73. The number of carbonyl (C=O) groups is 2. The van der Waals surface area contributed by atoms with Gasteiger partial charge < -0.3 is 14.7 Å².